The lowest BCUT2D eigenvalue weighted by atomic mass is 10.0. The molecule has 7 heteroatoms. The number of rotatable bonds is 7. The van der Waals surface area contributed by atoms with Crippen LogP contribution in [0.15, 0.2) is 58.1 Å². The molecule has 0 amide bonds. The van der Waals surface area contributed by atoms with Gasteiger partial charge in [0.25, 0.3) is 10.9 Å². The normalized spacial score (nSPS) is 11.9. The molecule has 0 fully saturated rings. The van der Waals surface area contributed by atoms with Crippen molar-refractivity contribution < 1.29 is 15.0 Å². The summed E-state index contributed by atoms with van der Waals surface area (Å²) in [7, 11) is 0. The lowest BCUT2D eigenvalue weighted by Crippen LogP contribution is -2.37. The fourth-order valence-electron chi connectivity index (χ4n) is 2.88. The summed E-state index contributed by atoms with van der Waals surface area (Å²) in [4.78, 5) is 35.2. The van der Waals surface area contributed by atoms with E-state index in [0.29, 0.717) is 6.42 Å². The predicted molar refractivity (Wildman–Crippen MR) is 103 cm³/mol. The lowest BCUT2D eigenvalue weighted by Gasteiger charge is -2.22. The smallest absolute Gasteiger partial charge is 0.339 e. The van der Waals surface area contributed by atoms with E-state index in [1.54, 1.807) is 0 Å². The van der Waals surface area contributed by atoms with Gasteiger partial charge < -0.3 is 20.8 Å². The predicted octanol–water partition coefficient (Wildman–Crippen LogP) is 2.99. The molecule has 0 saturated heterocycles. The van der Waals surface area contributed by atoms with Gasteiger partial charge in [0.05, 0.1) is 11.7 Å². The van der Waals surface area contributed by atoms with E-state index in [2.05, 4.69) is 10.6 Å². The average molecular weight is 366 g/mol. The van der Waals surface area contributed by atoms with E-state index in [1.807, 2.05) is 37.3 Å². The highest BCUT2D eigenvalue weighted by molar-refractivity contribution is 5.94. The zero-order valence-corrected chi connectivity index (χ0v) is 14.5. The van der Waals surface area contributed by atoms with Gasteiger partial charge in [-0.3, -0.25) is 9.59 Å². The van der Waals surface area contributed by atoms with E-state index in [-0.39, 0.29) is 28.7 Å². The molecule has 4 N–H and O–H groups in total. The SMILES string of the molecule is CC[C@@H](Nc1c(Nc2cccc(C(=O)O)c2O)c(=O)c1=O)c1ccccc1. The number of benzene rings is 2. The first-order valence-electron chi connectivity index (χ1n) is 8.41. The molecular formula is C20H18N2O5. The summed E-state index contributed by atoms with van der Waals surface area (Å²) in [5.41, 5.74) is -0.541. The molecule has 0 heterocycles. The van der Waals surface area contributed by atoms with Crippen LogP contribution in [0.4, 0.5) is 17.1 Å². The first-order valence-corrected chi connectivity index (χ1v) is 8.41. The number of hydrogen-bond donors (Lipinski definition) is 4. The van der Waals surface area contributed by atoms with Gasteiger partial charge >= 0.3 is 5.97 Å². The summed E-state index contributed by atoms with van der Waals surface area (Å²) in [6, 6.07) is 13.4. The highest BCUT2D eigenvalue weighted by Crippen LogP contribution is 2.32. The van der Waals surface area contributed by atoms with Crippen LogP contribution in [-0.4, -0.2) is 16.2 Å². The number of para-hydroxylation sites is 1. The third-order valence-corrected chi connectivity index (χ3v) is 4.37. The molecule has 0 saturated carbocycles. The monoisotopic (exact) mass is 366 g/mol. The van der Waals surface area contributed by atoms with E-state index < -0.39 is 22.6 Å². The van der Waals surface area contributed by atoms with E-state index in [0.717, 1.165) is 5.56 Å². The number of carbonyl (C=O) groups is 1. The Balaban J connectivity index is 1.91. The molecule has 0 aliphatic heterocycles. The highest BCUT2D eigenvalue weighted by atomic mass is 16.4. The van der Waals surface area contributed by atoms with Crippen LogP contribution in [0.2, 0.25) is 0 Å². The summed E-state index contributed by atoms with van der Waals surface area (Å²) >= 11 is 0. The number of anilines is 3. The van der Waals surface area contributed by atoms with Gasteiger partial charge in [-0.25, -0.2) is 4.79 Å². The van der Waals surface area contributed by atoms with Gasteiger partial charge in [0, 0.05) is 0 Å². The van der Waals surface area contributed by atoms with E-state index in [9.17, 15) is 19.5 Å². The van der Waals surface area contributed by atoms with Gasteiger partial charge in [0.15, 0.2) is 5.75 Å². The maximum absolute atomic E-state index is 12.0. The third-order valence-electron chi connectivity index (χ3n) is 4.37. The van der Waals surface area contributed by atoms with Gasteiger partial charge in [0.1, 0.15) is 16.9 Å². The Labute approximate surface area is 154 Å². The van der Waals surface area contributed by atoms with E-state index >= 15 is 0 Å². The molecule has 3 aromatic rings. The summed E-state index contributed by atoms with van der Waals surface area (Å²) in [6.07, 6.45) is 0.683. The fourth-order valence-corrected chi connectivity index (χ4v) is 2.88. The number of carboxylic acid groups (broad SMARTS) is 1. The second-order valence-corrected chi connectivity index (χ2v) is 6.06. The molecule has 3 rings (SSSR count). The molecule has 0 bridgehead atoms. The Bertz CT molecular complexity index is 1050. The summed E-state index contributed by atoms with van der Waals surface area (Å²) in [6.45, 7) is 1.95. The Morgan fingerprint density at radius 2 is 1.67 bits per heavy atom. The second-order valence-electron chi connectivity index (χ2n) is 6.06. The summed E-state index contributed by atoms with van der Waals surface area (Å²) < 4.78 is 0. The van der Waals surface area contributed by atoms with Crippen molar-refractivity contribution in [2.45, 2.75) is 19.4 Å². The van der Waals surface area contributed by atoms with Crippen LogP contribution in [0.25, 0.3) is 0 Å². The number of nitrogens with one attached hydrogen (secondary N) is 2. The van der Waals surface area contributed by atoms with Crippen LogP contribution >= 0.6 is 0 Å². The fraction of sp³-hybridized carbons (Fsp3) is 0.150. The molecule has 0 aromatic heterocycles. The molecule has 0 aliphatic carbocycles. The molecule has 27 heavy (non-hydrogen) atoms. The molecule has 0 radical (unpaired) electrons. The molecular weight excluding hydrogens is 348 g/mol. The van der Waals surface area contributed by atoms with Crippen molar-refractivity contribution in [1.29, 1.82) is 0 Å². The molecule has 1 atom stereocenters. The van der Waals surface area contributed by atoms with Crippen molar-refractivity contribution >= 4 is 23.0 Å². The first-order chi connectivity index (χ1) is 12.9. The van der Waals surface area contributed by atoms with Gasteiger partial charge in [-0.2, -0.15) is 0 Å². The van der Waals surface area contributed by atoms with Crippen LogP contribution in [0.5, 0.6) is 5.75 Å². The molecule has 0 spiro atoms. The van der Waals surface area contributed by atoms with Crippen LogP contribution in [0, 0.1) is 0 Å². The van der Waals surface area contributed by atoms with E-state index in [1.165, 1.54) is 18.2 Å². The van der Waals surface area contributed by atoms with Crippen molar-refractivity contribution in [2.24, 2.45) is 0 Å². The van der Waals surface area contributed by atoms with Gasteiger partial charge in [-0.05, 0) is 24.1 Å². The maximum Gasteiger partial charge on any atom is 0.339 e. The maximum atomic E-state index is 12.0. The minimum absolute atomic E-state index is 0.00669. The average Bonchev–Trinajstić information content (AvgIpc) is 2.68. The van der Waals surface area contributed by atoms with Crippen molar-refractivity contribution in [2.75, 3.05) is 10.6 Å². The van der Waals surface area contributed by atoms with Gasteiger partial charge in [-0.1, -0.05) is 43.3 Å². The van der Waals surface area contributed by atoms with Gasteiger partial charge in [-0.15, -0.1) is 0 Å². The number of carboxylic acids is 1. The Kier molecular flexibility index (Phi) is 4.94. The standard InChI is InChI=1S/C20H18N2O5/c1-2-13(11-7-4-3-5-8-11)21-15-16(19(25)18(15)24)22-14-10-6-9-12(17(14)23)20(26)27/h3-10,13,21-23H,2H2,1H3,(H,26,27)/t13-/m1/s1. The number of phenols is 1. The quantitative estimate of drug-likeness (QED) is 0.375. The topological polar surface area (TPSA) is 116 Å². The molecule has 0 unspecified atom stereocenters. The summed E-state index contributed by atoms with van der Waals surface area (Å²) in [5.74, 6) is -1.80. The van der Waals surface area contributed by atoms with Crippen LogP contribution in [0.3, 0.4) is 0 Å². The minimum Gasteiger partial charge on any atom is -0.505 e. The van der Waals surface area contributed by atoms with Gasteiger partial charge in [0.2, 0.25) is 0 Å². The lowest BCUT2D eigenvalue weighted by molar-refractivity contribution is 0.0694. The van der Waals surface area contributed by atoms with Crippen molar-refractivity contribution in [1.82, 2.24) is 0 Å². The number of aromatic hydroxyl groups is 1. The number of aromatic carboxylic acids is 1. The Hall–Kier alpha value is -3.61. The zero-order chi connectivity index (χ0) is 19.6. The third kappa shape index (κ3) is 3.39. The van der Waals surface area contributed by atoms with Crippen LogP contribution < -0.4 is 21.5 Å². The highest BCUT2D eigenvalue weighted by Gasteiger charge is 2.25. The minimum atomic E-state index is -1.30. The van der Waals surface area contributed by atoms with Crippen LogP contribution in [0.1, 0.15) is 35.3 Å². The molecule has 0 aliphatic rings. The largest absolute Gasteiger partial charge is 0.505 e. The Morgan fingerprint density at radius 1 is 1.00 bits per heavy atom. The van der Waals surface area contributed by atoms with Crippen LogP contribution in [-0.2, 0) is 0 Å². The van der Waals surface area contributed by atoms with Crippen molar-refractivity contribution in [3.05, 3.63) is 80.1 Å². The first kappa shape index (κ1) is 18.2. The van der Waals surface area contributed by atoms with E-state index in [4.69, 9.17) is 5.11 Å². The zero-order valence-electron chi connectivity index (χ0n) is 14.5. The second kappa shape index (κ2) is 7.33. The summed E-state index contributed by atoms with van der Waals surface area (Å²) in [5, 5.41) is 24.9. The van der Waals surface area contributed by atoms with Crippen molar-refractivity contribution in [3.63, 3.8) is 0 Å². The molecule has 138 valence electrons. The molecule has 3 aromatic carbocycles. The van der Waals surface area contributed by atoms with Crippen molar-refractivity contribution in [3.8, 4) is 5.75 Å². The molecule has 7 nitrogen and oxygen atoms in total. The Morgan fingerprint density at radius 3 is 2.30 bits per heavy atom. The number of hydrogen-bond acceptors (Lipinski definition) is 6.